The second-order valence-corrected chi connectivity index (χ2v) is 17.0. The molecule has 0 spiro atoms. The molecular weight excluding hydrogens is 631 g/mol. The second-order valence-electron chi connectivity index (χ2n) is 17.0. The van der Waals surface area contributed by atoms with Crippen LogP contribution in [-0.4, -0.2) is 0 Å². The van der Waals surface area contributed by atoms with E-state index in [1.165, 1.54) is 60.8 Å². The lowest BCUT2D eigenvalue weighted by atomic mass is 9.79. The first-order valence-corrected chi connectivity index (χ1v) is 18.6. The van der Waals surface area contributed by atoms with Gasteiger partial charge in [0, 0.05) is 38.5 Å². The Hall–Kier alpha value is -5.60. The number of para-hydroxylation sites is 3. The normalized spacial score (nSPS) is 15.1. The highest BCUT2D eigenvalue weighted by atomic mass is 16.3. The van der Waals surface area contributed by atoms with E-state index < -0.39 is 0 Å². The zero-order valence-electron chi connectivity index (χ0n) is 31.1. The monoisotopic (exact) mass is 673 g/mol. The van der Waals surface area contributed by atoms with Crippen LogP contribution in [0.1, 0.15) is 76.3 Å². The molecule has 1 heterocycles. The van der Waals surface area contributed by atoms with Crippen molar-refractivity contribution < 1.29 is 4.42 Å². The number of nitrogens with zero attached hydrogens (tertiary/aromatic N) is 1. The SMILES string of the molecule is CC(C)(C)c1cccc2c1oc1c(N(c3ccccc3)c3ccc4c(c3)C(C)(C)c3cc5c(cc3-4)C(C)(C)c3cc4ccccc4cc3-5)cccc12. The Morgan fingerprint density at radius 2 is 1.02 bits per heavy atom. The van der Waals surface area contributed by atoms with Gasteiger partial charge in [-0.3, -0.25) is 0 Å². The Morgan fingerprint density at radius 3 is 1.71 bits per heavy atom. The van der Waals surface area contributed by atoms with Crippen molar-refractivity contribution in [1.82, 2.24) is 0 Å². The molecule has 52 heavy (non-hydrogen) atoms. The predicted molar refractivity (Wildman–Crippen MR) is 220 cm³/mol. The molecule has 0 saturated carbocycles. The molecule has 0 bridgehead atoms. The molecule has 2 heteroatoms. The number of anilines is 3. The van der Waals surface area contributed by atoms with E-state index in [2.05, 4.69) is 187 Å². The first-order chi connectivity index (χ1) is 24.9. The molecule has 7 aromatic carbocycles. The van der Waals surface area contributed by atoms with E-state index in [4.69, 9.17) is 4.42 Å². The largest absolute Gasteiger partial charge is 0.454 e. The van der Waals surface area contributed by atoms with Crippen LogP contribution in [0, 0.1) is 0 Å². The average Bonchev–Trinajstić information content (AvgIpc) is 3.70. The van der Waals surface area contributed by atoms with E-state index in [0.717, 1.165) is 39.0 Å². The van der Waals surface area contributed by atoms with E-state index in [0.29, 0.717) is 0 Å². The van der Waals surface area contributed by atoms with Gasteiger partial charge in [-0.2, -0.15) is 0 Å². The van der Waals surface area contributed by atoms with Gasteiger partial charge in [0.15, 0.2) is 5.58 Å². The van der Waals surface area contributed by atoms with Gasteiger partial charge in [-0.05, 0) is 115 Å². The van der Waals surface area contributed by atoms with Crippen LogP contribution in [0.25, 0.3) is 55.0 Å². The molecule has 0 radical (unpaired) electrons. The quantitative estimate of drug-likeness (QED) is 0.186. The number of rotatable bonds is 3. The van der Waals surface area contributed by atoms with Crippen molar-refractivity contribution in [1.29, 1.82) is 0 Å². The van der Waals surface area contributed by atoms with Crippen molar-refractivity contribution in [2.45, 2.75) is 64.7 Å². The molecule has 0 N–H and O–H groups in total. The van der Waals surface area contributed by atoms with Gasteiger partial charge in [0.25, 0.3) is 0 Å². The van der Waals surface area contributed by atoms with Crippen molar-refractivity contribution in [3.8, 4) is 22.3 Å². The summed E-state index contributed by atoms with van der Waals surface area (Å²) in [5, 5.41) is 4.91. The highest BCUT2D eigenvalue weighted by Crippen LogP contribution is 2.57. The smallest absolute Gasteiger partial charge is 0.159 e. The summed E-state index contributed by atoms with van der Waals surface area (Å²) >= 11 is 0. The molecular formula is C50H43NO. The Bertz CT molecular complexity index is 2770. The summed E-state index contributed by atoms with van der Waals surface area (Å²) in [7, 11) is 0. The number of hydrogen-bond donors (Lipinski definition) is 0. The molecule has 0 unspecified atom stereocenters. The van der Waals surface area contributed by atoms with E-state index in [9.17, 15) is 0 Å². The van der Waals surface area contributed by atoms with Crippen LogP contribution in [0.15, 0.2) is 138 Å². The van der Waals surface area contributed by atoms with Crippen molar-refractivity contribution in [3.05, 3.63) is 161 Å². The Morgan fingerprint density at radius 1 is 0.462 bits per heavy atom. The summed E-state index contributed by atoms with van der Waals surface area (Å²) in [5.74, 6) is 0. The zero-order valence-corrected chi connectivity index (χ0v) is 31.1. The lowest BCUT2D eigenvalue weighted by Crippen LogP contribution is -2.17. The van der Waals surface area contributed by atoms with Crippen molar-refractivity contribution in [3.63, 3.8) is 0 Å². The van der Waals surface area contributed by atoms with E-state index in [1.807, 2.05) is 0 Å². The van der Waals surface area contributed by atoms with Crippen LogP contribution >= 0.6 is 0 Å². The molecule has 0 fully saturated rings. The maximum atomic E-state index is 6.93. The van der Waals surface area contributed by atoms with Crippen molar-refractivity contribution in [2.75, 3.05) is 4.90 Å². The molecule has 254 valence electrons. The summed E-state index contributed by atoms with van der Waals surface area (Å²) in [5.41, 5.74) is 17.1. The van der Waals surface area contributed by atoms with Crippen molar-refractivity contribution >= 4 is 49.8 Å². The fourth-order valence-electron chi connectivity index (χ4n) is 9.35. The Labute approximate surface area is 306 Å². The summed E-state index contributed by atoms with van der Waals surface area (Å²) in [4.78, 5) is 2.38. The molecule has 8 aromatic rings. The molecule has 0 amide bonds. The predicted octanol–water partition coefficient (Wildman–Crippen LogP) is 14.1. The maximum Gasteiger partial charge on any atom is 0.159 e. The van der Waals surface area contributed by atoms with Gasteiger partial charge >= 0.3 is 0 Å². The summed E-state index contributed by atoms with van der Waals surface area (Å²) in [6, 6.07) is 49.6. The molecule has 2 aliphatic rings. The third-order valence-corrected chi connectivity index (χ3v) is 12.1. The van der Waals surface area contributed by atoms with Crippen LogP contribution in [-0.2, 0) is 16.2 Å². The van der Waals surface area contributed by atoms with Crippen molar-refractivity contribution in [2.24, 2.45) is 0 Å². The van der Waals surface area contributed by atoms with E-state index >= 15 is 0 Å². The van der Waals surface area contributed by atoms with Gasteiger partial charge in [0.2, 0.25) is 0 Å². The molecule has 2 nitrogen and oxygen atoms in total. The summed E-state index contributed by atoms with van der Waals surface area (Å²) in [6.07, 6.45) is 0. The Balaban J connectivity index is 1.15. The number of furan rings is 1. The first-order valence-electron chi connectivity index (χ1n) is 18.6. The highest BCUT2D eigenvalue weighted by molar-refractivity contribution is 6.11. The van der Waals surface area contributed by atoms with Gasteiger partial charge in [0.05, 0.1) is 5.69 Å². The zero-order chi connectivity index (χ0) is 35.7. The third kappa shape index (κ3) is 4.24. The van der Waals surface area contributed by atoms with Gasteiger partial charge in [0.1, 0.15) is 5.58 Å². The minimum atomic E-state index is -0.186. The van der Waals surface area contributed by atoms with Gasteiger partial charge < -0.3 is 9.32 Å². The summed E-state index contributed by atoms with van der Waals surface area (Å²) in [6.45, 7) is 16.4. The van der Waals surface area contributed by atoms with Crippen LogP contribution in [0.3, 0.4) is 0 Å². The van der Waals surface area contributed by atoms with Crippen LogP contribution < -0.4 is 4.90 Å². The molecule has 1 aromatic heterocycles. The molecule has 0 saturated heterocycles. The lowest BCUT2D eigenvalue weighted by Gasteiger charge is -2.28. The number of fused-ring (bicyclic) bond motifs is 10. The molecule has 2 aliphatic carbocycles. The van der Waals surface area contributed by atoms with E-state index in [-0.39, 0.29) is 16.2 Å². The number of benzene rings is 7. The first kappa shape index (κ1) is 31.2. The third-order valence-electron chi connectivity index (χ3n) is 12.1. The summed E-state index contributed by atoms with van der Waals surface area (Å²) < 4.78 is 6.93. The van der Waals surface area contributed by atoms with Crippen LogP contribution in [0.5, 0.6) is 0 Å². The Kier molecular flexibility index (Phi) is 6.28. The molecule has 0 aliphatic heterocycles. The lowest BCUT2D eigenvalue weighted by molar-refractivity contribution is 0.573. The highest BCUT2D eigenvalue weighted by Gasteiger charge is 2.42. The minimum absolute atomic E-state index is 0.0431. The van der Waals surface area contributed by atoms with E-state index in [1.54, 1.807) is 0 Å². The van der Waals surface area contributed by atoms with Gasteiger partial charge in [-0.25, -0.2) is 0 Å². The van der Waals surface area contributed by atoms with Gasteiger partial charge in [-0.1, -0.05) is 127 Å². The maximum absolute atomic E-state index is 6.93. The topological polar surface area (TPSA) is 16.4 Å². The molecule has 10 rings (SSSR count). The average molecular weight is 674 g/mol. The van der Waals surface area contributed by atoms with Crippen LogP contribution in [0.4, 0.5) is 17.1 Å². The standard InChI is InChI=1S/C50H43NO/c1-48(2,3)40-21-13-19-35-36-20-14-22-45(47(36)52-46(35)40)51(32-17-9-8-10-18-32)33-23-24-34-38-28-44-39(29-43(38)50(6,7)42(34)27-33)37-25-30-15-11-12-16-31(30)26-41(37)49(44,4)5/h8-29H,1-7H3. The fourth-order valence-corrected chi connectivity index (χ4v) is 9.35. The number of hydrogen-bond acceptors (Lipinski definition) is 2. The van der Waals surface area contributed by atoms with Crippen LogP contribution in [0.2, 0.25) is 0 Å². The van der Waals surface area contributed by atoms with Gasteiger partial charge in [-0.15, -0.1) is 0 Å². The minimum Gasteiger partial charge on any atom is -0.454 e. The fraction of sp³-hybridized carbons (Fsp3) is 0.200. The second kappa shape index (κ2) is 10.5. The molecule has 0 atom stereocenters.